The van der Waals surface area contributed by atoms with Crippen LogP contribution in [0.15, 0.2) is 72.8 Å². The smallest absolute Gasteiger partial charge is 0.261 e. The van der Waals surface area contributed by atoms with Gasteiger partial charge in [-0.25, -0.2) is 0 Å². The lowest BCUT2D eigenvalue weighted by molar-refractivity contribution is -0.143. The third-order valence-electron chi connectivity index (χ3n) is 6.05. The second kappa shape index (κ2) is 13.9. The highest BCUT2D eigenvalue weighted by Crippen LogP contribution is 2.24. The quantitative estimate of drug-likeness (QED) is 0.307. The SMILES string of the molecule is CC[C@@H](C)NC(=O)[C@@H](Cc1ccccc1)N(Cc1ccc(Cl)cc1Cl)C(=O)COc1ccc(OC)cc1. The van der Waals surface area contributed by atoms with Crippen molar-refractivity contribution in [2.45, 2.75) is 45.3 Å². The summed E-state index contributed by atoms with van der Waals surface area (Å²) in [7, 11) is 1.58. The Morgan fingerprint density at radius 1 is 0.973 bits per heavy atom. The van der Waals surface area contributed by atoms with Crippen LogP contribution in [0.3, 0.4) is 0 Å². The molecule has 3 aromatic carbocycles. The van der Waals surface area contributed by atoms with Crippen LogP contribution >= 0.6 is 23.2 Å². The molecule has 8 heteroatoms. The average Bonchev–Trinajstić information content (AvgIpc) is 2.91. The van der Waals surface area contributed by atoms with E-state index >= 15 is 0 Å². The molecule has 1 N–H and O–H groups in total. The minimum atomic E-state index is -0.782. The van der Waals surface area contributed by atoms with Gasteiger partial charge in [0, 0.05) is 29.1 Å². The molecule has 37 heavy (non-hydrogen) atoms. The van der Waals surface area contributed by atoms with Gasteiger partial charge in [0.15, 0.2) is 6.61 Å². The zero-order valence-electron chi connectivity index (χ0n) is 21.2. The van der Waals surface area contributed by atoms with Crippen molar-refractivity contribution in [3.8, 4) is 11.5 Å². The molecular formula is C29H32Cl2N2O4. The molecule has 0 saturated heterocycles. The minimum absolute atomic E-state index is 0.0441. The van der Waals surface area contributed by atoms with Crippen molar-refractivity contribution in [1.29, 1.82) is 0 Å². The van der Waals surface area contributed by atoms with Gasteiger partial charge in [0.25, 0.3) is 5.91 Å². The first-order valence-electron chi connectivity index (χ1n) is 12.1. The summed E-state index contributed by atoms with van der Waals surface area (Å²) in [6.45, 7) is 3.80. The van der Waals surface area contributed by atoms with Crippen molar-refractivity contribution >= 4 is 35.0 Å². The summed E-state index contributed by atoms with van der Waals surface area (Å²) in [5.41, 5.74) is 1.61. The number of methoxy groups -OCH3 is 1. The fourth-order valence-corrected chi connectivity index (χ4v) is 4.20. The molecule has 0 fully saturated rings. The highest BCUT2D eigenvalue weighted by atomic mass is 35.5. The van der Waals surface area contributed by atoms with Gasteiger partial charge in [-0.3, -0.25) is 9.59 Å². The number of carbonyl (C=O) groups is 2. The van der Waals surface area contributed by atoms with Crippen molar-refractivity contribution in [1.82, 2.24) is 10.2 Å². The second-order valence-electron chi connectivity index (χ2n) is 8.74. The minimum Gasteiger partial charge on any atom is -0.497 e. The van der Waals surface area contributed by atoms with E-state index in [1.54, 1.807) is 49.6 Å². The van der Waals surface area contributed by atoms with Crippen LogP contribution in [0.2, 0.25) is 10.0 Å². The van der Waals surface area contributed by atoms with Gasteiger partial charge in [-0.1, -0.05) is 66.5 Å². The van der Waals surface area contributed by atoms with Gasteiger partial charge in [0.1, 0.15) is 17.5 Å². The summed E-state index contributed by atoms with van der Waals surface area (Å²) in [6.07, 6.45) is 1.10. The summed E-state index contributed by atoms with van der Waals surface area (Å²) in [5.74, 6) is 0.618. The zero-order chi connectivity index (χ0) is 26.8. The van der Waals surface area contributed by atoms with E-state index in [-0.39, 0.29) is 31.0 Å². The topological polar surface area (TPSA) is 67.9 Å². The van der Waals surface area contributed by atoms with Crippen LogP contribution < -0.4 is 14.8 Å². The first-order chi connectivity index (χ1) is 17.8. The summed E-state index contributed by atoms with van der Waals surface area (Å²) in [5, 5.41) is 3.95. The van der Waals surface area contributed by atoms with E-state index in [4.69, 9.17) is 32.7 Å². The predicted octanol–water partition coefficient (Wildman–Crippen LogP) is 5.94. The Morgan fingerprint density at radius 2 is 1.65 bits per heavy atom. The van der Waals surface area contributed by atoms with Crippen molar-refractivity contribution in [2.75, 3.05) is 13.7 Å². The molecule has 3 rings (SSSR count). The lowest BCUT2D eigenvalue weighted by Gasteiger charge is -2.32. The number of amides is 2. The Kier molecular flexibility index (Phi) is 10.7. The lowest BCUT2D eigenvalue weighted by Crippen LogP contribution is -2.53. The summed E-state index contributed by atoms with van der Waals surface area (Å²) in [6, 6.07) is 20.8. The molecule has 0 saturated carbocycles. The molecule has 196 valence electrons. The molecule has 0 aliphatic carbocycles. The Bertz CT molecular complexity index is 1170. The molecule has 2 amide bonds. The Hall–Kier alpha value is -3.22. The van der Waals surface area contributed by atoms with Crippen LogP contribution in [-0.2, 0) is 22.6 Å². The second-order valence-corrected chi connectivity index (χ2v) is 9.59. The number of benzene rings is 3. The molecule has 0 aromatic heterocycles. The number of carbonyl (C=O) groups excluding carboxylic acids is 2. The van der Waals surface area contributed by atoms with Gasteiger partial charge in [-0.05, 0) is 60.9 Å². The fourth-order valence-electron chi connectivity index (χ4n) is 3.73. The normalized spacial score (nSPS) is 12.4. The molecule has 0 heterocycles. The van der Waals surface area contributed by atoms with Gasteiger partial charge in [-0.15, -0.1) is 0 Å². The molecule has 0 unspecified atom stereocenters. The molecule has 0 radical (unpaired) electrons. The maximum Gasteiger partial charge on any atom is 0.261 e. The number of ether oxygens (including phenoxy) is 2. The van der Waals surface area contributed by atoms with Crippen LogP contribution in [0.5, 0.6) is 11.5 Å². The van der Waals surface area contributed by atoms with E-state index in [1.807, 2.05) is 44.2 Å². The van der Waals surface area contributed by atoms with Crippen molar-refractivity contribution < 1.29 is 19.1 Å². The van der Waals surface area contributed by atoms with Gasteiger partial charge in [0.05, 0.1) is 7.11 Å². The first-order valence-corrected chi connectivity index (χ1v) is 12.9. The lowest BCUT2D eigenvalue weighted by atomic mass is 10.0. The van der Waals surface area contributed by atoms with E-state index in [9.17, 15) is 9.59 Å². The molecule has 2 atom stereocenters. The average molecular weight is 543 g/mol. The van der Waals surface area contributed by atoms with E-state index in [0.717, 1.165) is 12.0 Å². The summed E-state index contributed by atoms with van der Waals surface area (Å²) < 4.78 is 11.0. The third-order valence-corrected chi connectivity index (χ3v) is 6.64. The highest BCUT2D eigenvalue weighted by molar-refractivity contribution is 6.35. The van der Waals surface area contributed by atoms with E-state index in [0.29, 0.717) is 33.5 Å². The molecule has 0 aliphatic heterocycles. The van der Waals surface area contributed by atoms with Crippen LogP contribution in [0.1, 0.15) is 31.4 Å². The molecule has 3 aromatic rings. The van der Waals surface area contributed by atoms with Crippen molar-refractivity contribution in [3.63, 3.8) is 0 Å². The van der Waals surface area contributed by atoms with Crippen LogP contribution in [0.4, 0.5) is 0 Å². The molecule has 0 aliphatic rings. The van der Waals surface area contributed by atoms with E-state index in [1.165, 1.54) is 4.90 Å². The van der Waals surface area contributed by atoms with Gasteiger partial charge >= 0.3 is 0 Å². The zero-order valence-corrected chi connectivity index (χ0v) is 22.8. The van der Waals surface area contributed by atoms with E-state index in [2.05, 4.69) is 5.32 Å². The fraction of sp³-hybridized carbons (Fsp3) is 0.310. The van der Waals surface area contributed by atoms with Crippen molar-refractivity contribution in [2.24, 2.45) is 0 Å². The van der Waals surface area contributed by atoms with Gasteiger partial charge in [0.2, 0.25) is 5.91 Å². The number of nitrogens with one attached hydrogen (secondary N) is 1. The summed E-state index contributed by atoms with van der Waals surface area (Å²) >= 11 is 12.6. The number of hydrogen-bond donors (Lipinski definition) is 1. The molecule has 6 nitrogen and oxygen atoms in total. The Morgan fingerprint density at radius 3 is 2.27 bits per heavy atom. The maximum absolute atomic E-state index is 13.6. The number of rotatable bonds is 12. The molecule has 0 bridgehead atoms. The first kappa shape index (κ1) is 28.4. The Balaban J connectivity index is 1.92. The summed E-state index contributed by atoms with van der Waals surface area (Å²) in [4.78, 5) is 28.7. The highest BCUT2D eigenvalue weighted by Gasteiger charge is 2.31. The van der Waals surface area contributed by atoms with Gasteiger partial charge in [-0.2, -0.15) is 0 Å². The van der Waals surface area contributed by atoms with Crippen LogP contribution in [0.25, 0.3) is 0 Å². The largest absolute Gasteiger partial charge is 0.497 e. The van der Waals surface area contributed by atoms with Crippen LogP contribution in [0, 0.1) is 0 Å². The number of hydrogen-bond acceptors (Lipinski definition) is 4. The van der Waals surface area contributed by atoms with Gasteiger partial charge < -0.3 is 19.7 Å². The van der Waals surface area contributed by atoms with Crippen LogP contribution in [-0.4, -0.2) is 42.5 Å². The molecular weight excluding hydrogens is 511 g/mol. The van der Waals surface area contributed by atoms with E-state index < -0.39 is 6.04 Å². The van der Waals surface area contributed by atoms with Crippen molar-refractivity contribution in [3.05, 3.63) is 94.0 Å². The molecule has 0 spiro atoms. The maximum atomic E-state index is 13.6. The Labute approximate surface area is 228 Å². The predicted molar refractivity (Wildman–Crippen MR) is 147 cm³/mol. The third kappa shape index (κ3) is 8.41. The standard InChI is InChI=1S/C29H32Cl2N2O4/c1-4-20(2)32-29(35)27(16-21-8-6-5-7-9-21)33(18-22-10-11-23(30)17-26(22)31)28(34)19-37-25-14-12-24(36-3)13-15-25/h5-15,17,20,27H,4,16,18-19H2,1-3H3,(H,32,35)/t20-,27-/m1/s1. The number of halogens is 2. The number of nitrogens with zero attached hydrogens (tertiary/aromatic N) is 1. The monoisotopic (exact) mass is 542 g/mol.